The Morgan fingerprint density at radius 2 is 1.57 bits per heavy atom. The maximum absolute atomic E-state index is 12.5. The van der Waals surface area contributed by atoms with Crippen LogP contribution < -0.4 is 10.2 Å². The van der Waals surface area contributed by atoms with Crippen molar-refractivity contribution in [2.75, 3.05) is 19.6 Å². The number of piperidine rings is 1. The number of nitrogens with one attached hydrogen (secondary N) is 2. The van der Waals surface area contributed by atoms with Gasteiger partial charge in [0, 0.05) is 5.54 Å². The average molecular weight is 291 g/mol. The maximum atomic E-state index is 12.5. The quantitative estimate of drug-likeness (QED) is 0.787. The molecule has 0 atom stereocenters. The summed E-state index contributed by atoms with van der Waals surface area (Å²) in [6.45, 7) is 2.25. The van der Waals surface area contributed by atoms with Crippen molar-refractivity contribution in [2.24, 2.45) is 17.8 Å². The number of amides is 1. The summed E-state index contributed by atoms with van der Waals surface area (Å²) in [6, 6.07) is 0. The topological polar surface area (TPSA) is 50.6 Å². The Hall–Kier alpha value is -0.900. The summed E-state index contributed by atoms with van der Waals surface area (Å²) < 4.78 is 0. The fraction of sp³-hybridized carbons (Fsp3) is 0.882. The van der Waals surface area contributed by atoms with Crippen LogP contribution in [0, 0.1) is 17.8 Å². The molecule has 21 heavy (non-hydrogen) atoms. The number of carbonyl (C=O) groups excluding carboxylic acids is 2. The van der Waals surface area contributed by atoms with E-state index in [2.05, 4.69) is 5.32 Å². The lowest BCUT2D eigenvalue weighted by molar-refractivity contribution is -0.893. The lowest BCUT2D eigenvalue weighted by Gasteiger charge is -2.56. The molecule has 4 nitrogen and oxygen atoms in total. The van der Waals surface area contributed by atoms with Crippen molar-refractivity contribution >= 4 is 11.7 Å². The summed E-state index contributed by atoms with van der Waals surface area (Å²) in [6.07, 6.45) is 9.20. The molecule has 1 aliphatic heterocycles. The zero-order valence-corrected chi connectivity index (χ0v) is 12.8. The van der Waals surface area contributed by atoms with Gasteiger partial charge < -0.3 is 10.2 Å². The second-order valence-electron chi connectivity index (χ2n) is 8.21. The van der Waals surface area contributed by atoms with Crippen molar-refractivity contribution in [3.05, 3.63) is 0 Å². The monoisotopic (exact) mass is 291 g/mol. The van der Waals surface area contributed by atoms with E-state index < -0.39 is 0 Å². The molecule has 0 unspecified atom stereocenters. The fourth-order valence-corrected chi connectivity index (χ4v) is 5.89. The van der Waals surface area contributed by atoms with Crippen LogP contribution in [0.2, 0.25) is 0 Å². The molecule has 0 aromatic rings. The van der Waals surface area contributed by atoms with Gasteiger partial charge in [-0.15, -0.1) is 0 Å². The van der Waals surface area contributed by atoms with E-state index in [4.69, 9.17) is 0 Å². The lowest BCUT2D eigenvalue weighted by atomic mass is 9.53. The molecule has 1 heterocycles. The highest BCUT2D eigenvalue weighted by atomic mass is 16.2. The van der Waals surface area contributed by atoms with Crippen molar-refractivity contribution in [1.82, 2.24) is 5.32 Å². The first-order valence-corrected chi connectivity index (χ1v) is 8.76. The van der Waals surface area contributed by atoms with E-state index in [1.165, 1.54) is 43.4 Å². The van der Waals surface area contributed by atoms with Gasteiger partial charge in [-0.1, -0.05) is 0 Å². The number of quaternary nitrogens is 1. The Labute approximate surface area is 126 Å². The SMILES string of the molecule is O=C1CC[NH+](CC(=O)NC23CC4CC(CC(C4)C2)C3)CC1. The van der Waals surface area contributed by atoms with Gasteiger partial charge in [0.15, 0.2) is 6.54 Å². The number of ketones is 1. The van der Waals surface area contributed by atoms with Crippen LogP contribution in [0.4, 0.5) is 0 Å². The molecule has 0 spiro atoms. The van der Waals surface area contributed by atoms with Gasteiger partial charge >= 0.3 is 0 Å². The Kier molecular flexibility index (Phi) is 3.32. The van der Waals surface area contributed by atoms with Crippen molar-refractivity contribution in [1.29, 1.82) is 0 Å². The minimum Gasteiger partial charge on any atom is -0.346 e. The highest BCUT2D eigenvalue weighted by molar-refractivity contribution is 5.80. The first-order valence-electron chi connectivity index (χ1n) is 8.76. The molecule has 4 bridgehead atoms. The lowest BCUT2D eigenvalue weighted by Crippen LogP contribution is -3.14. The number of carbonyl (C=O) groups is 2. The molecule has 0 aromatic heterocycles. The van der Waals surface area contributed by atoms with Crippen molar-refractivity contribution in [3.63, 3.8) is 0 Å². The van der Waals surface area contributed by atoms with E-state index in [1.54, 1.807) is 0 Å². The molecular weight excluding hydrogens is 264 g/mol. The number of likely N-dealkylation sites (tertiary alicyclic amines) is 1. The van der Waals surface area contributed by atoms with Gasteiger partial charge in [0.1, 0.15) is 5.78 Å². The molecule has 1 saturated heterocycles. The van der Waals surface area contributed by atoms with Crippen LogP contribution in [0.5, 0.6) is 0 Å². The number of rotatable bonds is 3. The molecule has 4 heteroatoms. The Balaban J connectivity index is 1.35. The van der Waals surface area contributed by atoms with Crippen molar-refractivity contribution in [2.45, 2.75) is 56.9 Å². The summed E-state index contributed by atoms with van der Waals surface area (Å²) in [4.78, 5) is 25.0. The standard InChI is InChI=1S/C17H26N2O2/c20-15-1-3-19(4-2-15)11-16(21)18-17-8-12-5-13(9-17)7-14(6-12)10-17/h12-14H,1-11H2,(H,18,21)/p+1. The van der Waals surface area contributed by atoms with Gasteiger partial charge in [0.05, 0.1) is 25.9 Å². The van der Waals surface area contributed by atoms with Gasteiger partial charge in [-0.2, -0.15) is 0 Å². The molecule has 1 amide bonds. The molecule has 4 saturated carbocycles. The minimum atomic E-state index is 0.136. The minimum absolute atomic E-state index is 0.136. The van der Waals surface area contributed by atoms with E-state index in [0.717, 1.165) is 30.8 Å². The third-order valence-electron chi connectivity index (χ3n) is 6.37. The number of hydrogen-bond acceptors (Lipinski definition) is 2. The first-order chi connectivity index (χ1) is 10.1. The smallest absolute Gasteiger partial charge is 0.275 e. The number of hydrogen-bond donors (Lipinski definition) is 2. The van der Waals surface area contributed by atoms with Crippen LogP contribution in [-0.4, -0.2) is 36.9 Å². The average Bonchev–Trinajstić information content (AvgIpc) is 2.39. The predicted molar refractivity (Wildman–Crippen MR) is 78.9 cm³/mol. The third-order valence-corrected chi connectivity index (χ3v) is 6.37. The summed E-state index contributed by atoms with van der Waals surface area (Å²) >= 11 is 0. The molecule has 2 N–H and O–H groups in total. The summed E-state index contributed by atoms with van der Waals surface area (Å²) in [5.74, 6) is 3.20. The molecule has 5 aliphatic rings. The molecule has 0 aromatic carbocycles. The summed E-state index contributed by atoms with van der Waals surface area (Å²) in [7, 11) is 0. The molecule has 5 rings (SSSR count). The van der Waals surface area contributed by atoms with Gasteiger partial charge in [0.2, 0.25) is 0 Å². The van der Waals surface area contributed by atoms with Crippen molar-refractivity contribution < 1.29 is 14.5 Å². The van der Waals surface area contributed by atoms with Gasteiger partial charge in [-0.3, -0.25) is 9.59 Å². The first kappa shape index (κ1) is 13.7. The summed E-state index contributed by atoms with van der Waals surface area (Å²) in [5.41, 5.74) is 0.136. The van der Waals surface area contributed by atoms with E-state index in [0.29, 0.717) is 25.2 Å². The molecule has 116 valence electrons. The second-order valence-corrected chi connectivity index (χ2v) is 8.21. The van der Waals surface area contributed by atoms with E-state index in [1.807, 2.05) is 0 Å². The molecule has 4 aliphatic carbocycles. The van der Waals surface area contributed by atoms with Crippen LogP contribution in [0.3, 0.4) is 0 Å². The predicted octanol–water partition coefficient (Wildman–Crippen LogP) is 0.319. The zero-order chi connectivity index (χ0) is 14.4. The highest BCUT2D eigenvalue weighted by Gasteiger charge is 2.51. The van der Waals surface area contributed by atoms with Crippen LogP contribution in [0.1, 0.15) is 51.4 Å². The third kappa shape index (κ3) is 2.75. The van der Waals surface area contributed by atoms with E-state index in [-0.39, 0.29) is 11.4 Å². The van der Waals surface area contributed by atoms with Crippen LogP contribution >= 0.6 is 0 Å². The summed E-state index contributed by atoms with van der Waals surface area (Å²) in [5, 5.41) is 3.44. The van der Waals surface area contributed by atoms with Crippen LogP contribution in [0.15, 0.2) is 0 Å². The van der Waals surface area contributed by atoms with Gasteiger partial charge in [-0.25, -0.2) is 0 Å². The van der Waals surface area contributed by atoms with Crippen molar-refractivity contribution in [3.8, 4) is 0 Å². The second kappa shape index (κ2) is 5.08. The molecule has 0 radical (unpaired) electrons. The van der Waals surface area contributed by atoms with Crippen LogP contribution in [-0.2, 0) is 9.59 Å². The fourth-order valence-electron chi connectivity index (χ4n) is 5.89. The van der Waals surface area contributed by atoms with E-state index in [9.17, 15) is 9.59 Å². The Bertz CT molecular complexity index is 414. The molecule has 5 fully saturated rings. The molecular formula is C17H27N2O2+. The van der Waals surface area contributed by atoms with Gasteiger partial charge in [0.25, 0.3) is 5.91 Å². The normalized spacial score (nSPS) is 42.3. The van der Waals surface area contributed by atoms with Gasteiger partial charge in [-0.05, 0) is 56.3 Å². The van der Waals surface area contributed by atoms with E-state index >= 15 is 0 Å². The zero-order valence-electron chi connectivity index (χ0n) is 12.8. The highest BCUT2D eigenvalue weighted by Crippen LogP contribution is 2.55. The van der Waals surface area contributed by atoms with Crippen LogP contribution in [0.25, 0.3) is 0 Å². The number of Topliss-reactive ketones (excluding diaryl/α,β-unsaturated/α-hetero) is 1. The Morgan fingerprint density at radius 1 is 1.05 bits per heavy atom. The Morgan fingerprint density at radius 3 is 2.10 bits per heavy atom. The maximum Gasteiger partial charge on any atom is 0.275 e. The largest absolute Gasteiger partial charge is 0.346 e.